The zero-order chi connectivity index (χ0) is 15.6. The lowest BCUT2D eigenvalue weighted by Gasteiger charge is -2.31. The molecular formula is C14H15F3O4. The predicted molar refractivity (Wildman–Crippen MR) is 65.9 cm³/mol. The lowest BCUT2D eigenvalue weighted by molar-refractivity contribution is -0.191. The first kappa shape index (κ1) is 15.6. The van der Waals surface area contributed by atoms with E-state index in [1.165, 1.54) is 12.1 Å². The Morgan fingerprint density at radius 1 is 1.19 bits per heavy atom. The summed E-state index contributed by atoms with van der Waals surface area (Å²) in [6.07, 6.45) is -3.24. The van der Waals surface area contributed by atoms with Crippen molar-refractivity contribution in [2.75, 3.05) is 7.11 Å². The minimum atomic E-state index is -4.40. The van der Waals surface area contributed by atoms with Crippen molar-refractivity contribution in [3.63, 3.8) is 0 Å². The number of carbonyl (C=O) groups excluding carboxylic acids is 2. The first-order valence-electron chi connectivity index (χ1n) is 6.63. The molecule has 21 heavy (non-hydrogen) atoms. The second-order valence-electron chi connectivity index (χ2n) is 5.06. The highest BCUT2D eigenvalue weighted by atomic mass is 19.4. The molecule has 1 heterocycles. The monoisotopic (exact) mass is 304 g/mol. The van der Waals surface area contributed by atoms with Gasteiger partial charge in [-0.25, -0.2) is 4.79 Å². The average molecular weight is 304 g/mol. The quantitative estimate of drug-likeness (QED) is 0.632. The Kier molecular flexibility index (Phi) is 4.39. The lowest BCUT2D eigenvalue weighted by Crippen LogP contribution is -2.37. The van der Waals surface area contributed by atoms with E-state index in [4.69, 9.17) is 4.42 Å². The van der Waals surface area contributed by atoms with Gasteiger partial charge in [-0.3, -0.25) is 4.79 Å². The molecule has 4 nitrogen and oxygen atoms in total. The van der Waals surface area contributed by atoms with E-state index in [0.29, 0.717) is 12.8 Å². The van der Waals surface area contributed by atoms with E-state index in [2.05, 4.69) is 4.74 Å². The smallest absolute Gasteiger partial charge is 0.392 e. The van der Waals surface area contributed by atoms with Crippen molar-refractivity contribution in [3.05, 3.63) is 23.7 Å². The van der Waals surface area contributed by atoms with Gasteiger partial charge in [-0.15, -0.1) is 0 Å². The molecule has 2 rings (SSSR count). The SMILES string of the molecule is COC(=O)c1ccc(C(=O)C2CCCCC2C(F)(F)F)o1. The van der Waals surface area contributed by atoms with Crippen molar-refractivity contribution >= 4 is 11.8 Å². The number of Topliss-reactive ketones (excluding diaryl/α,β-unsaturated/α-hetero) is 1. The van der Waals surface area contributed by atoms with Crippen LogP contribution in [0.4, 0.5) is 13.2 Å². The van der Waals surface area contributed by atoms with Crippen molar-refractivity contribution in [2.24, 2.45) is 11.8 Å². The van der Waals surface area contributed by atoms with Crippen molar-refractivity contribution in [3.8, 4) is 0 Å². The largest absolute Gasteiger partial charge is 0.463 e. The molecule has 0 aromatic carbocycles. The van der Waals surface area contributed by atoms with Crippen molar-refractivity contribution < 1.29 is 31.9 Å². The Balaban J connectivity index is 2.21. The highest BCUT2D eigenvalue weighted by Crippen LogP contribution is 2.42. The number of ether oxygens (including phenoxy) is 1. The fourth-order valence-electron chi connectivity index (χ4n) is 2.70. The van der Waals surface area contributed by atoms with E-state index in [0.717, 1.165) is 7.11 Å². The van der Waals surface area contributed by atoms with E-state index < -0.39 is 29.8 Å². The number of halogens is 3. The molecule has 2 atom stereocenters. The maximum atomic E-state index is 13.0. The van der Waals surface area contributed by atoms with Gasteiger partial charge in [0.2, 0.25) is 11.5 Å². The number of alkyl halides is 3. The molecule has 116 valence electrons. The lowest BCUT2D eigenvalue weighted by atomic mass is 9.76. The summed E-state index contributed by atoms with van der Waals surface area (Å²) in [5.74, 6) is -4.69. The van der Waals surface area contributed by atoms with Crippen LogP contribution in [0.5, 0.6) is 0 Å². The van der Waals surface area contributed by atoms with Crippen LogP contribution < -0.4 is 0 Å². The number of furan rings is 1. The normalized spacial score (nSPS) is 22.9. The van der Waals surface area contributed by atoms with Crippen LogP contribution in [0, 0.1) is 11.8 Å². The molecule has 1 saturated carbocycles. The molecule has 0 saturated heterocycles. The van der Waals surface area contributed by atoms with E-state index in [9.17, 15) is 22.8 Å². The van der Waals surface area contributed by atoms with Gasteiger partial charge < -0.3 is 9.15 Å². The van der Waals surface area contributed by atoms with Crippen LogP contribution in [0.25, 0.3) is 0 Å². The number of carbonyl (C=O) groups is 2. The maximum Gasteiger partial charge on any atom is 0.392 e. The Labute approximate surface area is 119 Å². The van der Waals surface area contributed by atoms with Crippen LogP contribution in [0.2, 0.25) is 0 Å². The highest BCUT2D eigenvalue weighted by molar-refractivity contribution is 5.97. The summed E-state index contributed by atoms with van der Waals surface area (Å²) in [6, 6.07) is 2.45. The van der Waals surface area contributed by atoms with Crippen molar-refractivity contribution in [1.29, 1.82) is 0 Å². The van der Waals surface area contributed by atoms with Crippen LogP contribution in [-0.4, -0.2) is 25.0 Å². The van der Waals surface area contributed by atoms with Crippen LogP contribution >= 0.6 is 0 Å². The maximum absolute atomic E-state index is 13.0. The van der Waals surface area contributed by atoms with Gasteiger partial charge in [0.05, 0.1) is 13.0 Å². The number of esters is 1. The molecule has 1 aromatic heterocycles. The summed E-state index contributed by atoms with van der Waals surface area (Å²) in [5.41, 5.74) is 0. The molecule has 1 aliphatic carbocycles. The second-order valence-corrected chi connectivity index (χ2v) is 5.06. The Morgan fingerprint density at radius 3 is 2.43 bits per heavy atom. The third-order valence-electron chi connectivity index (χ3n) is 3.76. The number of hydrogen-bond acceptors (Lipinski definition) is 4. The molecule has 0 radical (unpaired) electrons. The van der Waals surface area contributed by atoms with E-state index >= 15 is 0 Å². The molecular weight excluding hydrogens is 289 g/mol. The number of rotatable bonds is 3. The summed E-state index contributed by atoms with van der Waals surface area (Å²) < 4.78 is 48.4. The molecule has 1 aromatic rings. The highest BCUT2D eigenvalue weighted by Gasteiger charge is 2.48. The number of methoxy groups -OCH3 is 1. The zero-order valence-corrected chi connectivity index (χ0v) is 11.4. The van der Waals surface area contributed by atoms with Crippen LogP contribution in [-0.2, 0) is 4.74 Å². The minimum absolute atomic E-state index is 0.0511. The molecule has 2 unspecified atom stereocenters. The van der Waals surface area contributed by atoms with Gasteiger partial charge >= 0.3 is 12.1 Å². The predicted octanol–water partition coefficient (Wildman–Crippen LogP) is 3.62. The third kappa shape index (κ3) is 3.28. The minimum Gasteiger partial charge on any atom is -0.463 e. The van der Waals surface area contributed by atoms with Gasteiger partial charge in [0.15, 0.2) is 5.76 Å². The van der Waals surface area contributed by atoms with E-state index in [1.54, 1.807) is 0 Å². The van der Waals surface area contributed by atoms with E-state index in [-0.39, 0.29) is 24.4 Å². The average Bonchev–Trinajstić information content (AvgIpc) is 2.94. The summed E-state index contributed by atoms with van der Waals surface area (Å²) in [7, 11) is 1.15. The fourth-order valence-corrected chi connectivity index (χ4v) is 2.70. The van der Waals surface area contributed by atoms with Crippen LogP contribution in [0.1, 0.15) is 46.8 Å². The summed E-state index contributed by atoms with van der Waals surface area (Å²) in [4.78, 5) is 23.5. The summed E-state index contributed by atoms with van der Waals surface area (Å²) in [5, 5.41) is 0. The van der Waals surface area contributed by atoms with E-state index in [1.807, 2.05) is 0 Å². The van der Waals surface area contributed by atoms with Gasteiger partial charge in [-0.2, -0.15) is 13.2 Å². The molecule has 7 heteroatoms. The number of ketones is 1. The van der Waals surface area contributed by atoms with Gasteiger partial charge in [0, 0.05) is 5.92 Å². The van der Waals surface area contributed by atoms with Crippen LogP contribution in [0.15, 0.2) is 16.5 Å². The van der Waals surface area contributed by atoms with Crippen LogP contribution in [0.3, 0.4) is 0 Å². The molecule has 0 bridgehead atoms. The van der Waals surface area contributed by atoms with Gasteiger partial charge in [0.25, 0.3) is 0 Å². The fraction of sp³-hybridized carbons (Fsp3) is 0.571. The molecule has 1 aliphatic rings. The molecule has 0 aliphatic heterocycles. The zero-order valence-electron chi connectivity index (χ0n) is 11.4. The van der Waals surface area contributed by atoms with Crippen molar-refractivity contribution in [1.82, 2.24) is 0 Å². The Hall–Kier alpha value is -1.79. The molecule has 1 fully saturated rings. The molecule has 0 amide bonds. The second kappa shape index (κ2) is 5.91. The topological polar surface area (TPSA) is 56.5 Å². The first-order chi connectivity index (χ1) is 9.84. The molecule has 0 N–H and O–H groups in total. The van der Waals surface area contributed by atoms with Gasteiger partial charge in [-0.05, 0) is 25.0 Å². The summed E-state index contributed by atoms with van der Waals surface area (Å²) >= 11 is 0. The summed E-state index contributed by atoms with van der Waals surface area (Å²) in [6.45, 7) is 0. The first-order valence-corrected chi connectivity index (χ1v) is 6.63. The standard InChI is InChI=1S/C14H15F3O4/c1-20-13(19)11-7-6-10(21-11)12(18)8-4-2-3-5-9(8)14(15,16)17/h6-9H,2-5H2,1H3. The van der Waals surface area contributed by atoms with Crippen molar-refractivity contribution in [2.45, 2.75) is 31.9 Å². The number of hydrogen-bond donors (Lipinski definition) is 0. The van der Waals surface area contributed by atoms with Gasteiger partial charge in [-0.1, -0.05) is 12.8 Å². The molecule has 0 spiro atoms. The van der Waals surface area contributed by atoms with Gasteiger partial charge in [0.1, 0.15) is 0 Å². The Bertz CT molecular complexity index is 533. The third-order valence-corrected chi connectivity index (χ3v) is 3.76. The Morgan fingerprint density at radius 2 is 1.81 bits per heavy atom.